The number of carbonyl (C=O) groups is 1. The van der Waals surface area contributed by atoms with Crippen LogP contribution in [0, 0.1) is 0 Å². The van der Waals surface area contributed by atoms with Crippen molar-refractivity contribution >= 4 is 48.1 Å². The Morgan fingerprint density at radius 1 is 1.18 bits per heavy atom. The van der Waals surface area contributed by atoms with Gasteiger partial charge in [0.2, 0.25) is 5.91 Å². The van der Waals surface area contributed by atoms with E-state index in [2.05, 4.69) is 43.7 Å². The summed E-state index contributed by atoms with van der Waals surface area (Å²) in [7, 11) is -3.24. The molecule has 1 aliphatic heterocycles. The van der Waals surface area contributed by atoms with E-state index in [1.807, 2.05) is 26.0 Å². The molecule has 1 atom stereocenters. The van der Waals surface area contributed by atoms with Crippen molar-refractivity contribution in [2.45, 2.75) is 51.1 Å². The smallest absolute Gasteiger partial charge is 0.230 e. The summed E-state index contributed by atoms with van der Waals surface area (Å²) in [4.78, 5) is 18.6. The summed E-state index contributed by atoms with van der Waals surface area (Å²) >= 11 is 5.00. The molecular weight excluding hydrogens is 522 g/mol. The minimum Gasteiger partial charge on any atom is -0.303 e. The molecule has 0 saturated carbocycles. The molecule has 0 radical (unpaired) electrons. The van der Waals surface area contributed by atoms with Gasteiger partial charge in [0, 0.05) is 15.9 Å². The Balaban J connectivity index is 0.00000149. The van der Waals surface area contributed by atoms with Crippen LogP contribution >= 0.6 is 27.3 Å². The number of anilines is 1. The summed E-state index contributed by atoms with van der Waals surface area (Å²) in [5, 5.41) is 6.97. The van der Waals surface area contributed by atoms with E-state index in [1.54, 1.807) is 31.2 Å². The highest BCUT2D eigenvalue weighted by molar-refractivity contribution is 9.10. The van der Waals surface area contributed by atoms with Crippen LogP contribution in [-0.2, 0) is 34.0 Å². The van der Waals surface area contributed by atoms with E-state index >= 15 is 0 Å². The third kappa shape index (κ3) is 6.50. The predicted octanol–water partition coefficient (Wildman–Crippen LogP) is 5.29. The van der Waals surface area contributed by atoms with E-state index in [-0.39, 0.29) is 29.0 Å². The highest BCUT2D eigenvalue weighted by atomic mass is 79.9. The molecule has 0 aliphatic carbocycles. The minimum absolute atomic E-state index is 0.0545. The number of aromatic nitrogens is 1. The largest absolute Gasteiger partial charge is 0.303 e. The van der Waals surface area contributed by atoms with Crippen molar-refractivity contribution in [2.75, 3.05) is 11.1 Å². The van der Waals surface area contributed by atoms with Crippen LogP contribution in [0.25, 0.3) is 0 Å². The maximum absolute atomic E-state index is 12.5. The number of sulfone groups is 1. The van der Waals surface area contributed by atoms with Crippen LogP contribution in [0.1, 0.15) is 48.5 Å². The zero-order valence-electron chi connectivity index (χ0n) is 18.9. The molecule has 1 unspecified atom stereocenters. The lowest BCUT2D eigenvalue weighted by molar-refractivity contribution is -0.115. The van der Waals surface area contributed by atoms with Gasteiger partial charge in [-0.25, -0.2) is 13.4 Å². The summed E-state index contributed by atoms with van der Waals surface area (Å²) in [6, 6.07) is 14.8. The monoisotopic (exact) mass is 549 g/mol. The third-order valence-electron chi connectivity index (χ3n) is 5.17. The van der Waals surface area contributed by atoms with Gasteiger partial charge in [0.05, 0.1) is 28.8 Å². The zero-order valence-corrected chi connectivity index (χ0v) is 22.1. The minimum atomic E-state index is -3.24. The van der Waals surface area contributed by atoms with Crippen molar-refractivity contribution in [1.29, 1.82) is 0 Å². The summed E-state index contributed by atoms with van der Waals surface area (Å²) < 4.78 is 24.9. The third-order valence-corrected chi connectivity index (χ3v) is 8.40. The van der Waals surface area contributed by atoms with Crippen LogP contribution in [0.15, 0.2) is 57.9 Å². The molecule has 2 N–H and O–H groups in total. The fourth-order valence-electron chi connectivity index (χ4n) is 3.53. The van der Waals surface area contributed by atoms with Crippen molar-refractivity contribution in [3.05, 3.63) is 74.7 Å². The van der Waals surface area contributed by atoms with Gasteiger partial charge in [0.25, 0.3) is 0 Å². The van der Waals surface area contributed by atoms with E-state index < -0.39 is 9.84 Å². The maximum atomic E-state index is 12.5. The van der Waals surface area contributed by atoms with Gasteiger partial charge in [-0.3, -0.25) is 4.79 Å². The number of nitrogens with zero attached hydrogens (tertiary/aromatic N) is 1. The zero-order chi connectivity index (χ0) is 24.0. The first kappa shape index (κ1) is 25.6. The second-order valence-corrected chi connectivity index (χ2v) is 11.6. The number of hydrogen-bond donors (Lipinski definition) is 2. The molecular formula is C24H28BrN3O3S2. The molecule has 6 nitrogen and oxygen atoms in total. The summed E-state index contributed by atoms with van der Waals surface area (Å²) in [5.74, 6) is -0.117. The molecule has 9 heteroatoms. The quantitative estimate of drug-likeness (QED) is 0.417. The van der Waals surface area contributed by atoms with Crippen LogP contribution in [0.3, 0.4) is 0 Å². The predicted molar refractivity (Wildman–Crippen MR) is 137 cm³/mol. The molecule has 2 aromatic carbocycles. The van der Waals surface area contributed by atoms with E-state index in [4.69, 9.17) is 0 Å². The molecule has 176 valence electrons. The molecule has 2 heterocycles. The molecule has 33 heavy (non-hydrogen) atoms. The van der Waals surface area contributed by atoms with Crippen LogP contribution in [0.5, 0.6) is 0 Å². The van der Waals surface area contributed by atoms with Gasteiger partial charge in [0.1, 0.15) is 0 Å². The molecule has 3 aromatic rings. The number of halogens is 1. The normalized spacial score (nSPS) is 14.8. The topological polar surface area (TPSA) is 88.2 Å². The molecule has 0 spiro atoms. The summed E-state index contributed by atoms with van der Waals surface area (Å²) in [5.41, 5.74) is 2.96. The van der Waals surface area contributed by atoms with E-state index in [9.17, 15) is 13.2 Å². The molecule has 1 aromatic heterocycles. The van der Waals surface area contributed by atoms with Gasteiger partial charge in [-0.1, -0.05) is 61.0 Å². The van der Waals surface area contributed by atoms with Gasteiger partial charge in [-0.15, -0.1) is 11.3 Å². The van der Waals surface area contributed by atoms with Crippen LogP contribution in [-0.4, -0.2) is 25.1 Å². The van der Waals surface area contributed by atoms with Crippen LogP contribution < -0.4 is 10.6 Å². The first-order valence-corrected chi connectivity index (χ1v) is 14.2. The average molecular weight is 551 g/mol. The SMILES string of the molecule is CC.CCS(=O)(=O)c1ccc(CC(=O)Nc2nc3c(s2)CNC3Cc2cccc(Br)c2)cc1. The Bertz CT molecular complexity index is 1210. The number of rotatable bonds is 7. The maximum Gasteiger partial charge on any atom is 0.230 e. The number of benzene rings is 2. The lowest BCUT2D eigenvalue weighted by Crippen LogP contribution is -2.17. The van der Waals surface area contributed by atoms with Crippen LogP contribution in [0.4, 0.5) is 5.13 Å². The standard InChI is InChI=1S/C22H22BrN3O3S2.C2H6/c1-2-31(28,29)17-8-6-14(7-9-17)12-20(27)25-22-26-21-18(24-13-19(21)30-22)11-15-4-3-5-16(23)10-15;1-2/h3-10,18,24H,2,11-13H2,1H3,(H,25,26,27);1-2H3. The second kappa shape index (κ2) is 11.4. The lowest BCUT2D eigenvalue weighted by atomic mass is 10.1. The van der Waals surface area contributed by atoms with Gasteiger partial charge in [-0.05, 0) is 41.8 Å². The number of nitrogens with one attached hydrogen (secondary N) is 2. The summed E-state index contributed by atoms with van der Waals surface area (Å²) in [6.07, 6.45) is 0.993. The van der Waals surface area contributed by atoms with Crippen LogP contribution in [0.2, 0.25) is 0 Å². The molecule has 1 amide bonds. The van der Waals surface area contributed by atoms with Gasteiger partial charge < -0.3 is 10.6 Å². The summed E-state index contributed by atoms with van der Waals surface area (Å²) in [6.45, 7) is 6.36. The van der Waals surface area contributed by atoms with Crippen molar-refractivity contribution in [1.82, 2.24) is 10.3 Å². The number of hydrogen-bond acceptors (Lipinski definition) is 6. The Kier molecular flexibility index (Phi) is 8.81. The van der Waals surface area contributed by atoms with Gasteiger partial charge in [0.15, 0.2) is 15.0 Å². The van der Waals surface area contributed by atoms with E-state index in [0.717, 1.165) is 33.6 Å². The molecule has 4 rings (SSSR count). The van der Waals surface area contributed by atoms with Crippen molar-refractivity contribution in [3.63, 3.8) is 0 Å². The number of carbonyl (C=O) groups excluding carboxylic acids is 1. The van der Waals surface area contributed by atoms with Gasteiger partial charge >= 0.3 is 0 Å². The number of thiazole rings is 1. The molecule has 0 bridgehead atoms. The first-order chi connectivity index (χ1) is 15.8. The fourth-order valence-corrected chi connectivity index (χ4v) is 5.85. The average Bonchev–Trinajstić information content (AvgIpc) is 3.36. The number of fused-ring (bicyclic) bond motifs is 1. The molecule has 1 aliphatic rings. The molecule has 0 fully saturated rings. The van der Waals surface area contributed by atoms with Gasteiger partial charge in [-0.2, -0.15) is 0 Å². The van der Waals surface area contributed by atoms with Crippen molar-refractivity contribution in [2.24, 2.45) is 0 Å². The Labute approximate surface area is 207 Å². The Hall–Kier alpha value is -2.07. The Morgan fingerprint density at radius 3 is 2.58 bits per heavy atom. The van der Waals surface area contributed by atoms with E-state index in [1.165, 1.54) is 16.9 Å². The van der Waals surface area contributed by atoms with Crippen molar-refractivity contribution in [3.8, 4) is 0 Å². The fraction of sp³-hybridized carbons (Fsp3) is 0.333. The highest BCUT2D eigenvalue weighted by Gasteiger charge is 2.27. The molecule has 0 saturated heterocycles. The number of amides is 1. The highest BCUT2D eigenvalue weighted by Crippen LogP contribution is 2.34. The second-order valence-electron chi connectivity index (χ2n) is 7.37. The Morgan fingerprint density at radius 2 is 1.91 bits per heavy atom. The first-order valence-electron chi connectivity index (χ1n) is 10.9. The van der Waals surface area contributed by atoms with Crippen molar-refractivity contribution < 1.29 is 13.2 Å². The van der Waals surface area contributed by atoms with E-state index in [0.29, 0.717) is 5.13 Å². The lowest BCUT2D eigenvalue weighted by Gasteiger charge is -2.11.